The van der Waals surface area contributed by atoms with Crippen molar-refractivity contribution in [3.8, 4) is 0 Å². The van der Waals surface area contributed by atoms with E-state index < -0.39 is 30.4 Å². The van der Waals surface area contributed by atoms with Gasteiger partial charge in [-0.2, -0.15) is 0 Å². The molecule has 1 spiro atoms. The average Bonchev–Trinajstić information content (AvgIpc) is 3.11. The Kier molecular flexibility index (Phi) is 5.98. The molecule has 8 heteroatoms. The number of rotatable bonds is 6. The summed E-state index contributed by atoms with van der Waals surface area (Å²) in [6, 6.07) is 8.68. The summed E-state index contributed by atoms with van der Waals surface area (Å²) in [5, 5.41) is 22.7. The monoisotopic (exact) mass is 438 g/mol. The van der Waals surface area contributed by atoms with Gasteiger partial charge in [0.2, 0.25) is 11.6 Å². The van der Waals surface area contributed by atoms with Crippen LogP contribution in [0.3, 0.4) is 0 Å². The van der Waals surface area contributed by atoms with Gasteiger partial charge in [0, 0.05) is 11.0 Å². The second-order valence-electron chi connectivity index (χ2n) is 8.52. The highest BCUT2D eigenvalue weighted by Gasteiger charge is 2.66. The summed E-state index contributed by atoms with van der Waals surface area (Å²) in [4.78, 5) is 0. The SMILES string of the molecule is CCOP(=O)(OCC)C1=CC(O)(c2ccccc2)OC12OC(O)(C(C)(C)C)C=C2C. The Morgan fingerprint density at radius 1 is 1.00 bits per heavy atom. The summed E-state index contributed by atoms with van der Waals surface area (Å²) in [7, 11) is -3.93. The van der Waals surface area contributed by atoms with E-state index in [9.17, 15) is 14.8 Å². The van der Waals surface area contributed by atoms with Crippen molar-refractivity contribution in [2.24, 2.45) is 5.41 Å². The maximum Gasteiger partial charge on any atom is 0.363 e. The summed E-state index contributed by atoms with van der Waals surface area (Å²) in [5.41, 5.74) is 0.125. The molecule has 1 aromatic carbocycles. The molecule has 30 heavy (non-hydrogen) atoms. The van der Waals surface area contributed by atoms with Crippen molar-refractivity contribution in [3.63, 3.8) is 0 Å². The molecule has 0 radical (unpaired) electrons. The number of ether oxygens (including phenoxy) is 2. The number of aliphatic hydroxyl groups is 2. The Labute approximate surface area is 177 Å². The lowest BCUT2D eigenvalue weighted by atomic mass is 9.85. The quantitative estimate of drug-likeness (QED) is 0.502. The van der Waals surface area contributed by atoms with Crippen LogP contribution in [0.5, 0.6) is 0 Å². The maximum atomic E-state index is 13.8. The lowest BCUT2D eigenvalue weighted by molar-refractivity contribution is -0.348. The van der Waals surface area contributed by atoms with E-state index in [1.165, 1.54) is 12.2 Å². The average molecular weight is 438 g/mol. The van der Waals surface area contributed by atoms with Gasteiger partial charge >= 0.3 is 7.60 Å². The lowest BCUT2D eigenvalue weighted by Crippen LogP contribution is -2.48. The van der Waals surface area contributed by atoms with Gasteiger partial charge in [-0.05, 0) is 38.5 Å². The molecule has 0 bridgehead atoms. The van der Waals surface area contributed by atoms with Crippen LogP contribution in [0.2, 0.25) is 0 Å². The fourth-order valence-corrected chi connectivity index (χ4v) is 5.61. The second kappa shape index (κ2) is 7.68. The van der Waals surface area contributed by atoms with E-state index in [0.29, 0.717) is 11.1 Å². The largest absolute Gasteiger partial charge is 0.363 e. The molecule has 0 saturated carbocycles. The second-order valence-corrected chi connectivity index (χ2v) is 10.5. The van der Waals surface area contributed by atoms with Gasteiger partial charge < -0.3 is 28.7 Å². The maximum absolute atomic E-state index is 13.8. The van der Waals surface area contributed by atoms with Crippen molar-refractivity contribution in [3.05, 3.63) is 58.9 Å². The summed E-state index contributed by atoms with van der Waals surface area (Å²) in [6.07, 6.45) is 2.85. The van der Waals surface area contributed by atoms with Gasteiger partial charge in [-0.25, -0.2) is 0 Å². The van der Waals surface area contributed by atoms with Crippen LogP contribution < -0.4 is 0 Å². The first kappa shape index (κ1) is 23.4. The smallest absolute Gasteiger partial charge is 0.362 e. The van der Waals surface area contributed by atoms with E-state index >= 15 is 0 Å². The normalized spacial score (nSPS) is 31.9. The molecule has 3 unspecified atom stereocenters. The van der Waals surface area contributed by atoms with Crippen LogP contribution >= 0.6 is 7.60 Å². The van der Waals surface area contributed by atoms with Gasteiger partial charge in [0.05, 0.1) is 13.2 Å². The number of hydrogen-bond donors (Lipinski definition) is 2. The highest BCUT2D eigenvalue weighted by atomic mass is 31.2. The van der Waals surface area contributed by atoms with Gasteiger partial charge in [0.1, 0.15) is 5.31 Å². The van der Waals surface area contributed by atoms with Crippen LogP contribution in [0.15, 0.2) is 53.4 Å². The van der Waals surface area contributed by atoms with Crippen molar-refractivity contribution >= 4 is 7.60 Å². The molecule has 7 nitrogen and oxygen atoms in total. The van der Waals surface area contributed by atoms with Crippen LogP contribution in [0.4, 0.5) is 0 Å². The van der Waals surface area contributed by atoms with Crippen LogP contribution in [-0.2, 0) is 28.9 Å². The van der Waals surface area contributed by atoms with E-state index in [0.717, 1.165) is 0 Å². The van der Waals surface area contributed by atoms with E-state index in [4.69, 9.17) is 18.5 Å². The van der Waals surface area contributed by atoms with Gasteiger partial charge in [-0.1, -0.05) is 51.1 Å². The van der Waals surface area contributed by atoms with Gasteiger partial charge in [0.25, 0.3) is 0 Å². The summed E-state index contributed by atoms with van der Waals surface area (Å²) >= 11 is 0. The molecule has 2 N–H and O–H groups in total. The van der Waals surface area contributed by atoms with E-state index in [1.807, 2.05) is 26.8 Å². The highest BCUT2D eigenvalue weighted by Crippen LogP contribution is 2.68. The molecule has 166 valence electrons. The Balaban J connectivity index is 2.21. The van der Waals surface area contributed by atoms with Gasteiger partial charge in [-0.15, -0.1) is 0 Å². The van der Waals surface area contributed by atoms with Crippen LogP contribution in [-0.4, -0.2) is 35.0 Å². The Morgan fingerprint density at radius 2 is 1.57 bits per heavy atom. The standard InChI is InChI=1S/C22H31O7P/c1-7-26-30(25,27-8-2)18-15-20(23,17-12-10-9-11-13-17)28-22(18)16(3)14-21(24,29-22)19(4,5)6/h9-15,23-24H,7-8H2,1-6H3. The minimum Gasteiger partial charge on any atom is -0.362 e. The minimum atomic E-state index is -3.93. The van der Waals surface area contributed by atoms with Crippen molar-refractivity contribution < 1.29 is 33.3 Å². The lowest BCUT2D eigenvalue weighted by Gasteiger charge is -2.40. The van der Waals surface area contributed by atoms with Crippen molar-refractivity contribution in [1.82, 2.24) is 0 Å². The van der Waals surface area contributed by atoms with Crippen LogP contribution in [0.1, 0.15) is 47.1 Å². The van der Waals surface area contributed by atoms with E-state index in [-0.39, 0.29) is 18.5 Å². The Morgan fingerprint density at radius 3 is 2.03 bits per heavy atom. The van der Waals surface area contributed by atoms with Crippen molar-refractivity contribution in [2.75, 3.05) is 13.2 Å². The topological polar surface area (TPSA) is 94.5 Å². The van der Waals surface area contributed by atoms with Crippen LogP contribution in [0.25, 0.3) is 0 Å². The summed E-state index contributed by atoms with van der Waals surface area (Å²) in [5.74, 6) is -5.51. The third-order valence-electron chi connectivity index (χ3n) is 5.35. The molecule has 2 heterocycles. The van der Waals surface area contributed by atoms with Crippen LogP contribution in [0, 0.1) is 5.41 Å². The summed E-state index contributed by atoms with van der Waals surface area (Å²) < 4.78 is 37.2. The first-order valence-corrected chi connectivity index (χ1v) is 11.6. The first-order valence-electron chi connectivity index (χ1n) is 10.1. The van der Waals surface area contributed by atoms with E-state index in [1.54, 1.807) is 45.0 Å². The molecule has 2 aliphatic heterocycles. The molecule has 0 aliphatic carbocycles. The van der Waals surface area contributed by atoms with E-state index in [2.05, 4.69) is 0 Å². The Hall–Kier alpha value is -1.31. The molecule has 3 atom stereocenters. The molecule has 2 aliphatic rings. The van der Waals surface area contributed by atoms with Crippen molar-refractivity contribution in [2.45, 2.75) is 58.9 Å². The number of benzene rings is 1. The fraction of sp³-hybridized carbons (Fsp3) is 0.545. The molecule has 3 rings (SSSR count). The predicted octanol–water partition coefficient (Wildman–Crippen LogP) is 4.42. The third-order valence-corrected chi connectivity index (χ3v) is 7.56. The highest BCUT2D eigenvalue weighted by molar-refractivity contribution is 7.58. The zero-order valence-corrected chi connectivity index (χ0v) is 19.2. The van der Waals surface area contributed by atoms with Gasteiger partial charge in [-0.3, -0.25) is 4.57 Å². The Bertz CT molecular complexity index is 894. The molecule has 0 fully saturated rings. The molecular weight excluding hydrogens is 407 g/mol. The van der Waals surface area contributed by atoms with Crippen molar-refractivity contribution in [1.29, 1.82) is 0 Å². The predicted molar refractivity (Wildman–Crippen MR) is 112 cm³/mol. The minimum absolute atomic E-state index is 0.0129. The summed E-state index contributed by atoms with van der Waals surface area (Å²) in [6.45, 7) is 10.7. The molecule has 1 aromatic rings. The first-order chi connectivity index (χ1) is 13.9. The number of hydrogen-bond acceptors (Lipinski definition) is 7. The third kappa shape index (κ3) is 3.63. The van der Waals surface area contributed by atoms with Gasteiger partial charge in [0.15, 0.2) is 5.79 Å². The fourth-order valence-electron chi connectivity index (χ4n) is 3.62. The molecule has 0 amide bonds. The molecule has 0 saturated heterocycles. The molecule has 0 aromatic heterocycles. The molecular formula is C22H31O7P. The zero-order chi connectivity index (χ0) is 22.4. The zero-order valence-electron chi connectivity index (χ0n) is 18.3.